The molecule has 0 aromatic heterocycles. The first-order chi connectivity index (χ1) is 8.77. The lowest BCUT2D eigenvalue weighted by atomic mass is 10.2. The number of carbonyl (C=O) groups excluding carboxylic acids is 1. The second-order valence-corrected chi connectivity index (χ2v) is 4.18. The Morgan fingerprint density at radius 1 is 1.39 bits per heavy atom. The number of benzene rings is 1. The minimum Gasteiger partial charge on any atom is -0.468 e. The SMILES string of the molecule is COC(=O)C(CCCCl)NOCc1ccccc1. The predicted molar refractivity (Wildman–Crippen MR) is 70.1 cm³/mol. The summed E-state index contributed by atoms with van der Waals surface area (Å²) in [6, 6.07) is 9.24. The fourth-order valence-electron chi connectivity index (χ4n) is 1.45. The lowest BCUT2D eigenvalue weighted by molar-refractivity contribution is -0.148. The van der Waals surface area contributed by atoms with E-state index in [9.17, 15) is 4.79 Å². The van der Waals surface area contributed by atoms with Gasteiger partial charge in [0.2, 0.25) is 0 Å². The summed E-state index contributed by atoms with van der Waals surface area (Å²) in [5.41, 5.74) is 3.75. The highest BCUT2D eigenvalue weighted by molar-refractivity contribution is 6.17. The van der Waals surface area contributed by atoms with Gasteiger partial charge in [0.1, 0.15) is 6.04 Å². The Hall–Kier alpha value is -1.10. The van der Waals surface area contributed by atoms with Crippen molar-refractivity contribution in [3.63, 3.8) is 0 Å². The van der Waals surface area contributed by atoms with Gasteiger partial charge in [0.15, 0.2) is 0 Å². The van der Waals surface area contributed by atoms with Crippen molar-refractivity contribution in [2.24, 2.45) is 0 Å². The molecule has 0 fully saturated rings. The smallest absolute Gasteiger partial charge is 0.325 e. The van der Waals surface area contributed by atoms with Crippen LogP contribution in [0.4, 0.5) is 0 Å². The quantitative estimate of drug-likeness (QED) is 0.448. The molecular weight excluding hydrogens is 254 g/mol. The zero-order valence-corrected chi connectivity index (χ0v) is 11.2. The number of hydroxylamine groups is 1. The lowest BCUT2D eigenvalue weighted by Crippen LogP contribution is -2.37. The van der Waals surface area contributed by atoms with E-state index in [0.717, 1.165) is 12.0 Å². The first-order valence-corrected chi connectivity index (χ1v) is 6.36. The van der Waals surface area contributed by atoms with Crippen molar-refractivity contribution in [1.29, 1.82) is 0 Å². The molecule has 0 spiro atoms. The van der Waals surface area contributed by atoms with Gasteiger partial charge in [-0.1, -0.05) is 30.3 Å². The Morgan fingerprint density at radius 2 is 2.11 bits per heavy atom. The van der Waals surface area contributed by atoms with Crippen LogP contribution in [0.25, 0.3) is 0 Å². The number of hydrogen-bond acceptors (Lipinski definition) is 4. The minimum atomic E-state index is -0.475. The van der Waals surface area contributed by atoms with Crippen molar-refractivity contribution < 1.29 is 14.4 Å². The molecule has 0 radical (unpaired) electrons. The standard InChI is InChI=1S/C13H18ClNO3/c1-17-13(16)12(8-5-9-14)15-18-10-11-6-3-2-4-7-11/h2-4,6-7,12,15H,5,8-10H2,1H3. The number of esters is 1. The maximum Gasteiger partial charge on any atom is 0.325 e. The second-order valence-electron chi connectivity index (χ2n) is 3.80. The molecule has 1 aromatic rings. The molecule has 0 amide bonds. The maximum absolute atomic E-state index is 11.5. The molecule has 0 saturated carbocycles. The summed E-state index contributed by atoms with van der Waals surface area (Å²) in [4.78, 5) is 16.8. The lowest BCUT2D eigenvalue weighted by Gasteiger charge is -2.15. The van der Waals surface area contributed by atoms with Crippen LogP contribution in [0.15, 0.2) is 30.3 Å². The second kappa shape index (κ2) is 8.91. The highest BCUT2D eigenvalue weighted by Gasteiger charge is 2.18. The van der Waals surface area contributed by atoms with Crippen molar-refractivity contribution in [2.75, 3.05) is 13.0 Å². The van der Waals surface area contributed by atoms with Gasteiger partial charge in [-0.3, -0.25) is 9.63 Å². The van der Waals surface area contributed by atoms with E-state index in [1.807, 2.05) is 30.3 Å². The van der Waals surface area contributed by atoms with Crippen LogP contribution < -0.4 is 5.48 Å². The van der Waals surface area contributed by atoms with Crippen LogP contribution in [0.3, 0.4) is 0 Å². The van der Waals surface area contributed by atoms with Crippen LogP contribution in [0, 0.1) is 0 Å². The number of alkyl halides is 1. The average molecular weight is 272 g/mol. The highest BCUT2D eigenvalue weighted by Crippen LogP contribution is 2.03. The summed E-state index contributed by atoms with van der Waals surface area (Å²) in [7, 11) is 1.36. The molecular formula is C13H18ClNO3. The molecule has 1 aromatic carbocycles. The molecule has 0 heterocycles. The molecule has 0 aliphatic carbocycles. The van der Waals surface area contributed by atoms with E-state index >= 15 is 0 Å². The van der Waals surface area contributed by atoms with Crippen LogP contribution in [-0.4, -0.2) is 25.0 Å². The monoisotopic (exact) mass is 271 g/mol. The Morgan fingerprint density at radius 3 is 2.72 bits per heavy atom. The topological polar surface area (TPSA) is 47.6 Å². The third kappa shape index (κ3) is 5.49. The molecule has 0 aliphatic heterocycles. The van der Waals surface area contributed by atoms with Crippen LogP contribution in [-0.2, 0) is 21.0 Å². The minimum absolute atomic E-state index is 0.340. The molecule has 18 heavy (non-hydrogen) atoms. The largest absolute Gasteiger partial charge is 0.468 e. The van der Waals surface area contributed by atoms with E-state index in [4.69, 9.17) is 16.4 Å². The molecule has 100 valence electrons. The van der Waals surface area contributed by atoms with E-state index in [0.29, 0.717) is 18.9 Å². The number of carbonyl (C=O) groups is 1. The van der Waals surface area contributed by atoms with Crippen molar-refractivity contribution in [3.8, 4) is 0 Å². The summed E-state index contributed by atoms with van der Waals surface area (Å²) < 4.78 is 4.69. The van der Waals surface area contributed by atoms with Crippen LogP contribution >= 0.6 is 11.6 Å². The van der Waals surface area contributed by atoms with Crippen molar-refractivity contribution in [1.82, 2.24) is 5.48 Å². The van der Waals surface area contributed by atoms with Gasteiger partial charge in [0, 0.05) is 5.88 Å². The first-order valence-electron chi connectivity index (χ1n) is 5.83. The summed E-state index contributed by atoms with van der Waals surface area (Å²) in [6.07, 6.45) is 1.31. The van der Waals surface area contributed by atoms with E-state index in [1.165, 1.54) is 7.11 Å². The van der Waals surface area contributed by atoms with Crippen LogP contribution in [0.5, 0.6) is 0 Å². The number of nitrogens with one attached hydrogen (secondary N) is 1. The Kier molecular flexibility index (Phi) is 7.41. The fraction of sp³-hybridized carbons (Fsp3) is 0.462. The van der Waals surface area contributed by atoms with E-state index in [-0.39, 0.29) is 5.97 Å². The highest BCUT2D eigenvalue weighted by atomic mass is 35.5. The van der Waals surface area contributed by atoms with Crippen molar-refractivity contribution >= 4 is 17.6 Å². The molecule has 1 unspecified atom stereocenters. The normalized spacial score (nSPS) is 12.1. The first kappa shape index (κ1) is 15.0. The van der Waals surface area contributed by atoms with Crippen molar-refractivity contribution in [3.05, 3.63) is 35.9 Å². The summed E-state index contributed by atoms with van der Waals surface area (Å²) in [6.45, 7) is 0.398. The van der Waals surface area contributed by atoms with Crippen LogP contribution in [0.2, 0.25) is 0 Å². The van der Waals surface area contributed by atoms with E-state index in [2.05, 4.69) is 10.2 Å². The van der Waals surface area contributed by atoms with Gasteiger partial charge in [-0.05, 0) is 18.4 Å². The van der Waals surface area contributed by atoms with Gasteiger partial charge in [-0.15, -0.1) is 11.6 Å². The van der Waals surface area contributed by atoms with Crippen LogP contribution in [0.1, 0.15) is 18.4 Å². The number of methoxy groups -OCH3 is 1. The third-order valence-electron chi connectivity index (χ3n) is 2.42. The third-order valence-corrected chi connectivity index (χ3v) is 2.69. The molecule has 4 nitrogen and oxygen atoms in total. The van der Waals surface area contributed by atoms with Gasteiger partial charge in [-0.25, -0.2) is 0 Å². The maximum atomic E-state index is 11.5. The Labute approximate surface area is 112 Å². The number of halogens is 1. The zero-order valence-electron chi connectivity index (χ0n) is 10.4. The van der Waals surface area contributed by atoms with Gasteiger partial charge in [0.05, 0.1) is 13.7 Å². The van der Waals surface area contributed by atoms with Gasteiger partial charge in [-0.2, -0.15) is 5.48 Å². The summed E-state index contributed by atoms with van der Waals surface area (Å²) in [5.74, 6) is 0.168. The molecule has 5 heteroatoms. The summed E-state index contributed by atoms with van der Waals surface area (Å²) >= 11 is 5.60. The molecule has 0 saturated heterocycles. The van der Waals surface area contributed by atoms with Gasteiger partial charge in [0.25, 0.3) is 0 Å². The molecule has 1 N–H and O–H groups in total. The molecule has 0 bridgehead atoms. The number of rotatable bonds is 8. The van der Waals surface area contributed by atoms with E-state index in [1.54, 1.807) is 0 Å². The fourth-order valence-corrected chi connectivity index (χ4v) is 1.60. The Balaban J connectivity index is 2.35. The van der Waals surface area contributed by atoms with Crippen molar-refractivity contribution in [2.45, 2.75) is 25.5 Å². The predicted octanol–water partition coefficient (Wildman–Crippen LogP) is 2.27. The molecule has 0 aliphatic rings. The molecule has 1 atom stereocenters. The average Bonchev–Trinajstić information content (AvgIpc) is 2.43. The van der Waals surface area contributed by atoms with E-state index < -0.39 is 6.04 Å². The molecule has 1 rings (SSSR count). The number of ether oxygens (including phenoxy) is 1. The number of hydrogen-bond donors (Lipinski definition) is 1. The summed E-state index contributed by atoms with van der Waals surface area (Å²) in [5, 5.41) is 0. The Bertz CT molecular complexity index is 345. The van der Waals surface area contributed by atoms with Gasteiger partial charge >= 0.3 is 5.97 Å². The zero-order chi connectivity index (χ0) is 13.2. The van der Waals surface area contributed by atoms with Gasteiger partial charge < -0.3 is 4.74 Å².